The van der Waals surface area contributed by atoms with Crippen LogP contribution in [-0.2, 0) is 21.5 Å². The fourth-order valence-electron chi connectivity index (χ4n) is 2.64. The third-order valence-electron chi connectivity index (χ3n) is 3.63. The van der Waals surface area contributed by atoms with Gasteiger partial charge in [-0.15, -0.1) is 0 Å². The Balaban J connectivity index is 2.37. The molecule has 0 spiro atoms. The number of aryl methyl sites for hydroxylation is 1. The summed E-state index contributed by atoms with van der Waals surface area (Å²) in [5, 5.41) is 12.2. The summed E-state index contributed by atoms with van der Waals surface area (Å²) in [6.07, 6.45) is 0.108. The first-order valence-corrected chi connectivity index (χ1v) is 7.10. The third kappa shape index (κ3) is 3.00. The Morgan fingerprint density at radius 3 is 2.55 bits per heavy atom. The van der Waals surface area contributed by atoms with Gasteiger partial charge in [0.25, 0.3) is 0 Å². The highest BCUT2D eigenvalue weighted by Gasteiger charge is 2.48. The number of hydrogen-bond donors (Lipinski definition) is 2. The zero-order valence-electron chi connectivity index (χ0n) is 13.2. The number of carbonyl (C=O) groups is 2. The Kier molecular flexibility index (Phi) is 4.04. The number of nitrogens with one attached hydrogen (secondary N) is 1. The highest BCUT2D eigenvalue weighted by molar-refractivity contribution is 5.87. The lowest BCUT2D eigenvalue weighted by Crippen LogP contribution is -2.51. The van der Waals surface area contributed by atoms with Gasteiger partial charge < -0.3 is 19.9 Å². The minimum atomic E-state index is -1.48. The highest BCUT2D eigenvalue weighted by atomic mass is 16.6. The van der Waals surface area contributed by atoms with E-state index in [2.05, 4.69) is 5.32 Å². The molecule has 0 fully saturated rings. The molecule has 0 radical (unpaired) electrons. The van der Waals surface area contributed by atoms with Crippen molar-refractivity contribution in [3.05, 3.63) is 29.3 Å². The van der Waals surface area contributed by atoms with E-state index in [4.69, 9.17) is 9.47 Å². The van der Waals surface area contributed by atoms with Gasteiger partial charge in [-0.3, -0.25) is 0 Å². The van der Waals surface area contributed by atoms with Crippen molar-refractivity contribution in [2.24, 2.45) is 0 Å². The van der Waals surface area contributed by atoms with E-state index in [9.17, 15) is 14.7 Å². The van der Waals surface area contributed by atoms with Gasteiger partial charge in [0, 0.05) is 0 Å². The topological polar surface area (TPSA) is 84.9 Å². The molecule has 2 N–H and O–H groups in total. The SMILES string of the molecule is COc1ccc2c(c1)C(NC(=O)OC(C)(C)C)(C(=O)O)CC2. The molecule has 1 atom stereocenters. The number of hydrogen-bond acceptors (Lipinski definition) is 4. The van der Waals surface area contributed by atoms with Crippen LogP contribution < -0.4 is 10.1 Å². The van der Waals surface area contributed by atoms with E-state index in [0.717, 1.165) is 5.56 Å². The van der Waals surface area contributed by atoms with E-state index in [0.29, 0.717) is 17.7 Å². The van der Waals surface area contributed by atoms with Crippen molar-refractivity contribution in [3.8, 4) is 5.75 Å². The quantitative estimate of drug-likeness (QED) is 0.896. The van der Waals surface area contributed by atoms with Gasteiger partial charge in [0.2, 0.25) is 0 Å². The summed E-state index contributed by atoms with van der Waals surface area (Å²) >= 11 is 0. The summed E-state index contributed by atoms with van der Waals surface area (Å²) in [7, 11) is 1.51. The summed E-state index contributed by atoms with van der Waals surface area (Å²) < 4.78 is 10.4. The van der Waals surface area contributed by atoms with Gasteiger partial charge in [-0.05, 0) is 56.9 Å². The Bertz CT molecular complexity index is 605. The highest BCUT2D eigenvalue weighted by Crippen LogP contribution is 2.39. The van der Waals surface area contributed by atoms with Gasteiger partial charge in [0.1, 0.15) is 11.4 Å². The van der Waals surface area contributed by atoms with Gasteiger partial charge in [-0.25, -0.2) is 9.59 Å². The zero-order chi connectivity index (χ0) is 16.5. The van der Waals surface area contributed by atoms with E-state index in [1.807, 2.05) is 6.07 Å². The van der Waals surface area contributed by atoms with Crippen LogP contribution in [0.15, 0.2) is 18.2 Å². The first kappa shape index (κ1) is 16.1. The lowest BCUT2D eigenvalue weighted by Gasteiger charge is -2.29. The Morgan fingerprint density at radius 2 is 2.00 bits per heavy atom. The first-order valence-electron chi connectivity index (χ1n) is 7.10. The number of carboxylic acids is 1. The Hall–Kier alpha value is -2.24. The van der Waals surface area contributed by atoms with Gasteiger partial charge in [-0.1, -0.05) is 6.07 Å². The van der Waals surface area contributed by atoms with Crippen LogP contribution in [0.5, 0.6) is 5.75 Å². The molecule has 1 aliphatic rings. The molecule has 1 aliphatic carbocycles. The van der Waals surface area contributed by atoms with Crippen LogP contribution in [0.3, 0.4) is 0 Å². The first-order chi connectivity index (χ1) is 10.2. The fourth-order valence-corrected chi connectivity index (χ4v) is 2.64. The molecule has 1 aromatic rings. The fraction of sp³-hybridized carbons (Fsp3) is 0.500. The van der Waals surface area contributed by atoms with Crippen molar-refractivity contribution in [2.45, 2.75) is 44.8 Å². The van der Waals surface area contributed by atoms with E-state index in [1.165, 1.54) is 7.11 Å². The van der Waals surface area contributed by atoms with E-state index >= 15 is 0 Å². The second-order valence-electron chi connectivity index (χ2n) is 6.36. The molecule has 0 aliphatic heterocycles. The summed E-state index contributed by atoms with van der Waals surface area (Å²) in [6, 6.07) is 5.27. The van der Waals surface area contributed by atoms with Crippen LogP contribution in [0.1, 0.15) is 38.3 Å². The number of fused-ring (bicyclic) bond motifs is 1. The maximum absolute atomic E-state index is 12.1. The van der Waals surface area contributed by atoms with Crippen LogP contribution in [0, 0.1) is 0 Å². The smallest absolute Gasteiger partial charge is 0.408 e. The lowest BCUT2D eigenvalue weighted by molar-refractivity contribution is -0.145. The van der Waals surface area contributed by atoms with Crippen molar-refractivity contribution in [1.82, 2.24) is 5.32 Å². The minimum absolute atomic E-state index is 0.282. The molecule has 6 heteroatoms. The zero-order valence-corrected chi connectivity index (χ0v) is 13.2. The summed E-state index contributed by atoms with van der Waals surface area (Å²) in [5.74, 6) is -0.553. The van der Waals surface area contributed by atoms with E-state index in [-0.39, 0.29) is 6.42 Å². The van der Waals surface area contributed by atoms with Crippen LogP contribution in [-0.4, -0.2) is 29.9 Å². The molecule has 0 heterocycles. The van der Waals surface area contributed by atoms with Gasteiger partial charge in [-0.2, -0.15) is 0 Å². The molecule has 2 rings (SSSR count). The number of carbonyl (C=O) groups excluding carboxylic acids is 1. The molecule has 0 bridgehead atoms. The Labute approximate surface area is 129 Å². The van der Waals surface area contributed by atoms with Crippen molar-refractivity contribution in [2.75, 3.05) is 7.11 Å². The number of ether oxygens (including phenoxy) is 2. The average Bonchev–Trinajstić information content (AvgIpc) is 2.76. The number of carboxylic acid groups (broad SMARTS) is 1. The van der Waals surface area contributed by atoms with Crippen LogP contribution in [0.2, 0.25) is 0 Å². The average molecular weight is 307 g/mol. The normalized spacial score (nSPS) is 20.2. The number of aliphatic carboxylic acids is 1. The molecule has 0 aromatic heterocycles. The van der Waals surface area contributed by atoms with Crippen molar-refractivity contribution < 1.29 is 24.2 Å². The second-order valence-corrected chi connectivity index (χ2v) is 6.36. The predicted octanol–water partition coefficient (Wildman–Crippen LogP) is 2.45. The van der Waals surface area contributed by atoms with Crippen molar-refractivity contribution in [1.29, 1.82) is 0 Å². The maximum atomic E-state index is 12.1. The van der Waals surface area contributed by atoms with Crippen LogP contribution in [0.25, 0.3) is 0 Å². The molecule has 1 amide bonds. The van der Waals surface area contributed by atoms with E-state index < -0.39 is 23.2 Å². The van der Waals surface area contributed by atoms with E-state index in [1.54, 1.807) is 32.9 Å². The molecule has 1 aromatic carbocycles. The van der Waals surface area contributed by atoms with Crippen molar-refractivity contribution in [3.63, 3.8) is 0 Å². The predicted molar refractivity (Wildman–Crippen MR) is 80.0 cm³/mol. The molecule has 6 nitrogen and oxygen atoms in total. The largest absolute Gasteiger partial charge is 0.497 e. The number of alkyl carbamates (subject to hydrolysis) is 1. The lowest BCUT2D eigenvalue weighted by atomic mass is 9.92. The molecule has 0 saturated heterocycles. The summed E-state index contributed by atoms with van der Waals surface area (Å²) in [6.45, 7) is 5.18. The molecule has 0 saturated carbocycles. The molecule has 22 heavy (non-hydrogen) atoms. The Morgan fingerprint density at radius 1 is 1.32 bits per heavy atom. The molecular formula is C16H21NO5. The van der Waals surface area contributed by atoms with Crippen LogP contribution >= 0.6 is 0 Å². The summed E-state index contributed by atoms with van der Waals surface area (Å²) in [5.41, 5.74) is -0.740. The number of amides is 1. The maximum Gasteiger partial charge on any atom is 0.408 e. The number of rotatable bonds is 3. The van der Waals surface area contributed by atoms with Crippen LogP contribution in [0.4, 0.5) is 4.79 Å². The van der Waals surface area contributed by atoms with Gasteiger partial charge in [0.15, 0.2) is 5.54 Å². The monoisotopic (exact) mass is 307 g/mol. The minimum Gasteiger partial charge on any atom is -0.497 e. The summed E-state index contributed by atoms with van der Waals surface area (Å²) in [4.78, 5) is 23.9. The molecular weight excluding hydrogens is 286 g/mol. The number of methoxy groups -OCH3 is 1. The molecule has 1 unspecified atom stereocenters. The standard InChI is InChI=1S/C16H21NO5/c1-15(2,3)22-14(20)17-16(13(18)19)8-7-10-5-6-11(21-4)9-12(10)16/h5-6,9H,7-8H2,1-4H3,(H,17,20)(H,18,19). The molecule has 120 valence electrons. The van der Waals surface area contributed by atoms with Crippen molar-refractivity contribution >= 4 is 12.1 Å². The second kappa shape index (κ2) is 5.51. The van der Waals surface area contributed by atoms with Gasteiger partial charge >= 0.3 is 12.1 Å². The third-order valence-corrected chi connectivity index (χ3v) is 3.63. The number of benzene rings is 1. The van der Waals surface area contributed by atoms with Gasteiger partial charge in [0.05, 0.1) is 7.11 Å².